The summed E-state index contributed by atoms with van der Waals surface area (Å²) >= 11 is 1.65. The third kappa shape index (κ3) is 1.78. The van der Waals surface area contributed by atoms with E-state index in [0.29, 0.717) is 11.1 Å². The molecule has 2 nitrogen and oxygen atoms in total. The lowest BCUT2D eigenvalue weighted by atomic mass is 9.96. The highest BCUT2D eigenvalue weighted by Crippen LogP contribution is 2.37. The average molecular weight is 268 g/mol. The van der Waals surface area contributed by atoms with Gasteiger partial charge in [0.05, 0.1) is 0 Å². The van der Waals surface area contributed by atoms with Crippen molar-refractivity contribution in [3.8, 4) is 0 Å². The Labute approximate surface area is 114 Å². The van der Waals surface area contributed by atoms with Gasteiger partial charge in [-0.05, 0) is 32.0 Å². The predicted molar refractivity (Wildman–Crippen MR) is 79.3 cm³/mol. The second kappa shape index (κ2) is 4.28. The predicted octanol–water partition coefficient (Wildman–Crippen LogP) is 4.46. The van der Waals surface area contributed by atoms with Gasteiger partial charge in [-0.25, -0.2) is 0 Å². The Morgan fingerprint density at radius 2 is 1.63 bits per heavy atom. The van der Waals surface area contributed by atoms with Gasteiger partial charge < -0.3 is 0 Å². The molecule has 0 fully saturated rings. The van der Waals surface area contributed by atoms with Gasteiger partial charge in [-0.1, -0.05) is 18.2 Å². The Morgan fingerprint density at radius 1 is 0.895 bits per heavy atom. The molecular weight excluding hydrogens is 256 g/mol. The zero-order chi connectivity index (χ0) is 13.6. The molecule has 0 saturated heterocycles. The Morgan fingerprint density at radius 3 is 2.32 bits per heavy atom. The summed E-state index contributed by atoms with van der Waals surface area (Å²) in [4.78, 5) is 23.7. The molecular formula is C16H12O2S. The van der Waals surface area contributed by atoms with Gasteiger partial charge in [-0.15, -0.1) is 11.3 Å². The largest absolute Gasteiger partial charge is 0.294 e. The molecule has 94 valence electrons. The summed E-state index contributed by atoms with van der Waals surface area (Å²) in [5, 5.41) is 1.97. The molecule has 1 heterocycles. The summed E-state index contributed by atoms with van der Waals surface area (Å²) in [6.07, 6.45) is 0. The number of fused-ring (bicyclic) bond motifs is 3. The molecule has 0 aliphatic rings. The topological polar surface area (TPSA) is 34.1 Å². The lowest BCUT2D eigenvalue weighted by molar-refractivity contribution is 0.0982. The molecule has 3 heteroatoms. The second-order valence-electron chi connectivity index (χ2n) is 4.57. The summed E-state index contributed by atoms with van der Waals surface area (Å²) in [5.41, 5.74) is 1.08. The molecule has 0 saturated carbocycles. The minimum absolute atomic E-state index is 0.0562. The van der Waals surface area contributed by atoms with Crippen LogP contribution in [0.4, 0.5) is 0 Å². The molecule has 0 atom stereocenters. The highest BCUT2D eigenvalue weighted by atomic mass is 32.1. The molecule has 2 aromatic carbocycles. The van der Waals surface area contributed by atoms with Crippen LogP contribution >= 0.6 is 11.3 Å². The van der Waals surface area contributed by atoms with Gasteiger partial charge in [0, 0.05) is 31.3 Å². The maximum atomic E-state index is 12.0. The van der Waals surface area contributed by atoms with Gasteiger partial charge in [-0.2, -0.15) is 0 Å². The lowest BCUT2D eigenvalue weighted by Crippen LogP contribution is -2.04. The summed E-state index contributed by atoms with van der Waals surface area (Å²) in [5.74, 6) is -0.123. The molecule has 0 unspecified atom stereocenters. The van der Waals surface area contributed by atoms with Crippen molar-refractivity contribution in [2.75, 3.05) is 0 Å². The van der Waals surface area contributed by atoms with Crippen molar-refractivity contribution < 1.29 is 9.59 Å². The molecule has 3 rings (SSSR count). The second-order valence-corrected chi connectivity index (χ2v) is 5.66. The van der Waals surface area contributed by atoms with Crippen LogP contribution in [0.2, 0.25) is 0 Å². The van der Waals surface area contributed by atoms with Gasteiger partial charge >= 0.3 is 0 Å². The third-order valence-electron chi connectivity index (χ3n) is 3.27. The van der Waals surface area contributed by atoms with E-state index in [4.69, 9.17) is 0 Å². The summed E-state index contributed by atoms with van der Waals surface area (Å²) in [6, 6.07) is 11.7. The summed E-state index contributed by atoms with van der Waals surface area (Å²) in [7, 11) is 0. The smallest absolute Gasteiger partial charge is 0.161 e. The number of rotatable bonds is 2. The van der Waals surface area contributed by atoms with Crippen LogP contribution in [0, 0.1) is 0 Å². The molecule has 0 aliphatic heterocycles. The van der Waals surface area contributed by atoms with Crippen LogP contribution in [-0.4, -0.2) is 11.6 Å². The van der Waals surface area contributed by atoms with Crippen molar-refractivity contribution in [1.29, 1.82) is 0 Å². The van der Waals surface area contributed by atoms with Gasteiger partial charge in [0.15, 0.2) is 11.6 Å². The first-order chi connectivity index (χ1) is 9.09. The zero-order valence-corrected chi connectivity index (χ0v) is 11.5. The van der Waals surface area contributed by atoms with Crippen LogP contribution in [0.3, 0.4) is 0 Å². The number of hydrogen-bond donors (Lipinski definition) is 0. The molecule has 0 spiro atoms. The van der Waals surface area contributed by atoms with Crippen LogP contribution < -0.4 is 0 Å². The van der Waals surface area contributed by atoms with Crippen molar-refractivity contribution >= 4 is 43.1 Å². The minimum Gasteiger partial charge on any atom is -0.294 e. The zero-order valence-electron chi connectivity index (χ0n) is 10.7. The van der Waals surface area contributed by atoms with Gasteiger partial charge in [0.1, 0.15) is 0 Å². The Balaban J connectivity index is 2.57. The number of benzene rings is 2. The molecule has 3 aromatic rings. The normalized spacial score (nSPS) is 11.1. The fourth-order valence-corrected chi connectivity index (χ4v) is 3.59. The molecule has 1 aromatic heterocycles. The number of hydrogen-bond acceptors (Lipinski definition) is 3. The Hall–Kier alpha value is -2.00. The molecule has 0 radical (unpaired) electrons. The lowest BCUT2D eigenvalue weighted by Gasteiger charge is -2.06. The standard InChI is InChI=1S/C16H12O2S/c1-9(17)11-7-8-14-16(15(11)10(2)18)12-5-3-4-6-13(12)19-14/h3-8H,1-2H3. The van der Waals surface area contributed by atoms with E-state index in [1.807, 2.05) is 30.3 Å². The highest BCUT2D eigenvalue weighted by molar-refractivity contribution is 7.25. The number of Topliss-reactive ketones (excluding diaryl/α,β-unsaturated/α-hetero) is 2. The first-order valence-corrected chi connectivity index (χ1v) is 6.87. The van der Waals surface area contributed by atoms with Crippen LogP contribution in [0.1, 0.15) is 34.6 Å². The highest BCUT2D eigenvalue weighted by Gasteiger charge is 2.18. The summed E-state index contributed by atoms with van der Waals surface area (Å²) < 4.78 is 2.19. The first kappa shape index (κ1) is 12.1. The van der Waals surface area contributed by atoms with E-state index in [-0.39, 0.29) is 11.6 Å². The molecule has 0 aliphatic carbocycles. The number of carbonyl (C=O) groups is 2. The van der Waals surface area contributed by atoms with Crippen molar-refractivity contribution in [1.82, 2.24) is 0 Å². The molecule has 0 N–H and O–H groups in total. The Bertz CT molecular complexity index is 827. The average Bonchev–Trinajstić information content (AvgIpc) is 2.75. The minimum atomic E-state index is -0.0672. The molecule has 19 heavy (non-hydrogen) atoms. The van der Waals surface area contributed by atoms with Crippen molar-refractivity contribution in [2.45, 2.75) is 13.8 Å². The first-order valence-electron chi connectivity index (χ1n) is 6.05. The van der Waals surface area contributed by atoms with Gasteiger partial charge in [-0.3, -0.25) is 9.59 Å². The maximum Gasteiger partial charge on any atom is 0.161 e. The van der Waals surface area contributed by atoms with Crippen LogP contribution in [-0.2, 0) is 0 Å². The number of ketones is 2. The van der Waals surface area contributed by atoms with Crippen molar-refractivity contribution in [3.63, 3.8) is 0 Å². The number of carbonyl (C=O) groups excluding carboxylic acids is 2. The monoisotopic (exact) mass is 268 g/mol. The van der Waals surface area contributed by atoms with Crippen molar-refractivity contribution in [2.24, 2.45) is 0 Å². The quantitative estimate of drug-likeness (QED) is 0.643. The van der Waals surface area contributed by atoms with E-state index >= 15 is 0 Å². The Kier molecular flexibility index (Phi) is 2.72. The van der Waals surface area contributed by atoms with Gasteiger partial charge in [0.2, 0.25) is 0 Å². The van der Waals surface area contributed by atoms with E-state index in [0.717, 1.165) is 20.2 Å². The van der Waals surface area contributed by atoms with E-state index in [9.17, 15) is 9.59 Å². The van der Waals surface area contributed by atoms with Crippen LogP contribution in [0.15, 0.2) is 36.4 Å². The van der Waals surface area contributed by atoms with Crippen LogP contribution in [0.5, 0.6) is 0 Å². The van der Waals surface area contributed by atoms with Crippen LogP contribution in [0.25, 0.3) is 20.2 Å². The third-order valence-corrected chi connectivity index (χ3v) is 4.41. The molecule has 0 amide bonds. The summed E-state index contributed by atoms with van der Waals surface area (Å²) in [6.45, 7) is 3.02. The maximum absolute atomic E-state index is 12.0. The van der Waals surface area contributed by atoms with E-state index < -0.39 is 0 Å². The SMILES string of the molecule is CC(=O)c1ccc2sc3ccccc3c2c1C(C)=O. The fraction of sp³-hybridized carbons (Fsp3) is 0.125. The number of thiophene rings is 1. The van der Waals surface area contributed by atoms with Gasteiger partial charge in [0.25, 0.3) is 0 Å². The van der Waals surface area contributed by atoms with E-state index in [1.165, 1.54) is 13.8 Å². The van der Waals surface area contributed by atoms with Crippen molar-refractivity contribution in [3.05, 3.63) is 47.5 Å². The van der Waals surface area contributed by atoms with E-state index in [2.05, 4.69) is 0 Å². The van der Waals surface area contributed by atoms with E-state index in [1.54, 1.807) is 17.4 Å². The fourth-order valence-electron chi connectivity index (χ4n) is 2.48. The molecule has 0 bridgehead atoms.